The standard InChI is InChI=1S/C19H17FO3/c1-12(21)17-8-7-16(10-18(17)20)23-11-19(22)15-6-5-13-3-2-4-14(13)9-15/h5-10H,2-4,11H2,1H3. The number of halogens is 1. The maximum absolute atomic E-state index is 13.7. The Kier molecular flexibility index (Phi) is 4.24. The van der Waals surface area contributed by atoms with E-state index in [9.17, 15) is 14.0 Å². The van der Waals surface area contributed by atoms with Gasteiger partial charge in [0, 0.05) is 11.6 Å². The number of carbonyl (C=O) groups is 2. The Morgan fingerprint density at radius 3 is 2.61 bits per heavy atom. The lowest BCUT2D eigenvalue weighted by Gasteiger charge is -2.08. The Bertz CT molecular complexity index is 780. The Balaban J connectivity index is 1.67. The fourth-order valence-corrected chi connectivity index (χ4v) is 2.85. The molecule has 118 valence electrons. The Labute approximate surface area is 134 Å². The topological polar surface area (TPSA) is 43.4 Å². The molecule has 0 unspecified atom stereocenters. The molecule has 0 radical (unpaired) electrons. The van der Waals surface area contributed by atoms with Crippen molar-refractivity contribution in [3.8, 4) is 5.75 Å². The fraction of sp³-hybridized carbons (Fsp3) is 0.263. The normalized spacial score (nSPS) is 12.8. The summed E-state index contributed by atoms with van der Waals surface area (Å²) in [6, 6.07) is 9.73. The van der Waals surface area contributed by atoms with Gasteiger partial charge < -0.3 is 4.74 Å². The summed E-state index contributed by atoms with van der Waals surface area (Å²) in [5.74, 6) is -0.888. The van der Waals surface area contributed by atoms with E-state index in [-0.39, 0.29) is 29.5 Å². The summed E-state index contributed by atoms with van der Waals surface area (Å²) in [6.45, 7) is 1.15. The van der Waals surface area contributed by atoms with Crippen molar-refractivity contribution in [2.75, 3.05) is 6.61 Å². The Morgan fingerprint density at radius 1 is 1.09 bits per heavy atom. The molecule has 23 heavy (non-hydrogen) atoms. The summed E-state index contributed by atoms with van der Waals surface area (Å²) in [5.41, 5.74) is 3.17. The highest BCUT2D eigenvalue weighted by molar-refractivity contribution is 5.97. The minimum Gasteiger partial charge on any atom is -0.485 e. The number of Topliss-reactive ketones (excluding diaryl/α,β-unsaturated/α-hetero) is 2. The second-order valence-electron chi connectivity index (χ2n) is 5.75. The van der Waals surface area contributed by atoms with E-state index in [0.29, 0.717) is 5.56 Å². The van der Waals surface area contributed by atoms with Crippen LogP contribution in [0, 0.1) is 5.82 Å². The van der Waals surface area contributed by atoms with Gasteiger partial charge in [0.05, 0.1) is 5.56 Å². The highest BCUT2D eigenvalue weighted by Gasteiger charge is 2.15. The lowest BCUT2D eigenvalue weighted by atomic mass is 10.0. The maximum Gasteiger partial charge on any atom is 0.200 e. The number of ketones is 2. The summed E-state index contributed by atoms with van der Waals surface area (Å²) >= 11 is 0. The second-order valence-corrected chi connectivity index (χ2v) is 5.75. The van der Waals surface area contributed by atoms with Crippen LogP contribution in [0.2, 0.25) is 0 Å². The zero-order valence-corrected chi connectivity index (χ0v) is 12.9. The largest absolute Gasteiger partial charge is 0.485 e. The number of hydrogen-bond donors (Lipinski definition) is 0. The fourth-order valence-electron chi connectivity index (χ4n) is 2.85. The molecule has 3 rings (SSSR count). The average Bonchev–Trinajstić information content (AvgIpc) is 2.99. The SMILES string of the molecule is CC(=O)c1ccc(OCC(=O)c2ccc3c(c2)CCC3)cc1F. The number of ether oxygens (including phenoxy) is 1. The van der Waals surface area contributed by atoms with E-state index < -0.39 is 5.82 Å². The first-order valence-corrected chi connectivity index (χ1v) is 7.63. The molecule has 0 saturated heterocycles. The molecule has 0 saturated carbocycles. The molecule has 0 amide bonds. The van der Waals surface area contributed by atoms with Crippen LogP contribution in [0.5, 0.6) is 5.75 Å². The van der Waals surface area contributed by atoms with Crippen molar-refractivity contribution in [2.45, 2.75) is 26.2 Å². The van der Waals surface area contributed by atoms with Gasteiger partial charge in [-0.1, -0.05) is 12.1 Å². The van der Waals surface area contributed by atoms with Crippen LogP contribution in [-0.4, -0.2) is 18.2 Å². The summed E-state index contributed by atoms with van der Waals surface area (Å²) in [4.78, 5) is 23.4. The van der Waals surface area contributed by atoms with Crippen LogP contribution < -0.4 is 4.74 Å². The van der Waals surface area contributed by atoms with Crippen molar-refractivity contribution in [3.05, 3.63) is 64.5 Å². The highest BCUT2D eigenvalue weighted by atomic mass is 19.1. The van der Waals surface area contributed by atoms with Crippen molar-refractivity contribution < 1.29 is 18.7 Å². The van der Waals surface area contributed by atoms with E-state index in [1.54, 1.807) is 0 Å². The van der Waals surface area contributed by atoms with Gasteiger partial charge in [-0.3, -0.25) is 9.59 Å². The van der Waals surface area contributed by atoms with Crippen LogP contribution in [0.3, 0.4) is 0 Å². The van der Waals surface area contributed by atoms with Crippen LogP contribution in [-0.2, 0) is 12.8 Å². The maximum atomic E-state index is 13.7. The smallest absolute Gasteiger partial charge is 0.200 e. The number of hydrogen-bond acceptors (Lipinski definition) is 3. The van der Waals surface area contributed by atoms with Crippen molar-refractivity contribution >= 4 is 11.6 Å². The molecule has 2 aromatic rings. The first-order valence-electron chi connectivity index (χ1n) is 7.63. The van der Waals surface area contributed by atoms with Gasteiger partial charge in [-0.2, -0.15) is 0 Å². The molecule has 1 aliphatic carbocycles. The van der Waals surface area contributed by atoms with Crippen molar-refractivity contribution in [1.82, 2.24) is 0 Å². The summed E-state index contributed by atoms with van der Waals surface area (Å²) in [5, 5.41) is 0. The first kappa shape index (κ1) is 15.4. The van der Waals surface area contributed by atoms with E-state index in [1.807, 2.05) is 18.2 Å². The first-order chi connectivity index (χ1) is 11.0. The third kappa shape index (κ3) is 3.31. The molecule has 0 aromatic heterocycles. The monoisotopic (exact) mass is 312 g/mol. The van der Waals surface area contributed by atoms with E-state index >= 15 is 0 Å². The number of carbonyl (C=O) groups excluding carboxylic acids is 2. The molecule has 0 aliphatic heterocycles. The van der Waals surface area contributed by atoms with Crippen molar-refractivity contribution in [1.29, 1.82) is 0 Å². The Hall–Kier alpha value is -2.49. The van der Waals surface area contributed by atoms with Gasteiger partial charge in [-0.15, -0.1) is 0 Å². The van der Waals surface area contributed by atoms with E-state index in [4.69, 9.17) is 4.74 Å². The molecule has 0 fully saturated rings. The minimum absolute atomic E-state index is 0.0160. The van der Waals surface area contributed by atoms with Crippen LogP contribution >= 0.6 is 0 Å². The summed E-state index contributed by atoms with van der Waals surface area (Å²) < 4.78 is 19.1. The molecule has 0 bridgehead atoms. The predicted molar refractivity (Wildman–Crippen MR) is 84.7 cm³/mol. The third-order valence-electron chi connectivity index (χ3n) is 4.11. The predicted octanol–water partition coefficient (Wildman–Crippen LogP) is 3.78. The number of benzene rings is 2. The summed E-state index contributed by atoms with van der Waals surface area (Å²) in [7, 11) is 0. The van der Waals surface area contributed by atoms with Gasteiger partial charge in [-0.25, -0.2) is 4.39 Å². The molecule has 1 aliphatic rings. The van der Waals surface area contributed by atoms with Crippen LogP contribution in [0.4, 0.5) is 4.39 Å². The zero-order chi connectivity index (χ0) is 16.4. The molecule has 0 N–H and O–H groups in total. The molecular weight excluding hydrogens is 295 g/mol. The number of aryl methyl sites for hydroxylation is 2. The molecule has 2 aromatic carbocycles. The number of fused-ring (bicyclic) bond motifs is 1. The second kappa shape index (κ2) is 6.32. The Morgan fingerprint density at radius 2 is 1.87 bits per heavy atom. The lowest BCUT2D eigenvalue weighted by molar-refractivity contribution is 0.0919. The molecular formula is C19H17FO3. The molecule has 4 heteroatoms. The third-order valence-corrected chi connectivity index (χ3v) is 4.11. The lowest BCUT2D eigenvalue weighted by Crippen LogP contribution is -2.12. The van der Waals surface area contributed by atoms with E-state index in [1.165, 1.54) is 30.2 Å². The average molecular weight is 312 g/mol. The van der Waals surface area contributed by atoms with Crippen molar-refractivity contribution in [2.24, 2.45) is 0 Å². The summed E-state index contributed by atoms with van der Waals surface area (Å²) in [6.07, 6.45) is 3.21. The molecule has 0 atom stereocenters. The van der Waals surface area contributed by atoms with Gasteiger partial charge in [-0.05, 0) is 55.5 Å². The quantitative estimate of drug-likeness (QED) is 0.789. The minimum atomic E-state index is -0.639. The van der Waals surface area contributed by atoms with E-state index in [2.05, 4.69) is 0 Å². The highest BCUT2D eigenvalue weighted by Crippen LogP contribution is 2.23. The van der Waals surface area contributed by atoms with E-state index in [0.717, 1.165) is 25.3 Å². The molecule has 0 heterocycles. The van der Waals surface area contributed by atoms with Gasteiger partial charge in [0.2, 0.25) is 0 Å². The van der Waals surface area contributed by atoms with Crippen LogP contribution in [0.15, 0.2) is 36.4 Å². The number of rotatable bonds is 5. The molecule has 3 nitrogen and oxygen atoms in total. The van der Waals surface area contributed by atoms with Gasteiger partial charge in [0.15, 0.2) is 18.2 Å². The zero-order valence-electron chi connectivity index (χ0n) is 12.9. The van der Waals surface area contributed by atoms with Gasteiger partial charge in [0.25, 0.3) is 0 Å². The van der Waals surface area contributed by atoms with Crippen molar-refractivity contribution in [3.63, 3.8) is 0 Å². The molecule has 0 spiro atoms. The van der Waals surface area contributed by atoms with Gasteiger partial charge in [0.1, 0.15) is 11.6 Å². The van der Waals surface area contributed by atoms with Gasteiger partial charge >= 0.3 is 0 Å². The van der Waals surface area contributed by atoms with Crippen LogP contribution in [0.25, 0.3) is 0 Å². The van der Waals surface area contributed by atoms with Crippen LogP contribution in [0.1, 0.15) is 45.2 Å².